The number of para-hydroxylation sites is 1. The van der Waals surface area contributed by atoms with Crippen molar-refractivity contribution in [1.82, 2.24) is 4.98 Å². The number of rotatable bonds is 0. The van der Waals surface area contributed by atoms with Crippen LogP contribution >= 0.6 is 11.3 Å². The molecule has 0 fully saturated rings. The van der Waals surface area contributed by atoms with E-state index in [1.807, 2.05) is 82.5 Å². The normalized spacial score (nSPS) is 9.93. The highest BCUT2D eigenvalue weighted by molar-refractivity contribution is 7.17. The van der Waals surface area contributed by atoms with Gasteiger partial charge in [-0.2, -0.15) is 0 Å². The summed E-state index contributed by atoms with van der Waals surface area (Å²) in [6.45, 7) is 8.00. The minimum atomic E-state index is 1.06. The Morgan fingerprint density at radius 1 is 0.630 bits per heavy atom. The van der Waals surface area contributed by atoms with Crippen molar-refractivity contribution in [3.8, 4) is 0 Å². The monoisotopic (exact) mass is 375 g/mol. The Bertz CT molecular complexity index is 821. The van der Waals surface area contributed by atoms with E-state index in [0.717, 1.165) is 5.52 Å². The van der Waals surface area contributed by atoms with Crippen LogP contribution in [0.1, 0.15) is 27.7 Å². The number of pyridine rings is 1. The van der Waals surface area contributed by atoms with Gasteiger partial charge in [-0.15, -0.1) is 11.3 Å². The standard InChI is InChI=1S/C9H7N.C8H6S.2C4H8/c1-2-6-9-8(4-1)5-3-7-10-9;1-2-4-8-7(3-1)5-6-9-8;2*1-3-4-2/h1-7H;1-6H;2*3-4H,1-2H3/b;;2*4-3-. The van der Waals surface area contributed by atoms with Crippen LogP contribution < -0.4 is 0 Å². The molecule has 4 rings (SSSR count). The van der Waals surface area contributed by atoms with Crippen molar-refractivity contribution in [2.45, 2.75) is 27.7 Å². The fourth-order valence-corrected chi connectivity index (χ4v) is 2.71. The predicted molar refractivity (Wildman–Crippen MR) is 125 cm³/mol. The van der Waals surface area contributed by atoms with Crippen LogP contribution in [0.4, 0.5) is 0 Å². The van der Waals surface area contributed by atoms with E-state index in [2.05, 4.69) is 52.8 Å². The van der Waals surface area contributed by atoms with Gasteiger partial charge in [0.2, 0.25) is 0 Å². The molecule has 0 radical (unpaired) electrons. The lowest BCUT2D eigenvalue weighted by Gasteiger charge is -1.91. The van der Waals surface area contributed by atoms with Crippen LogP contribution in [0.3, 0.4) is 0 Å². The molecule has 0 atom stereocenters. The Morgan fingerprint density at radius 3 is 1.78 bits per heavy atom. The molecule has 2 heteroatoms. The fourth-order valence-electron chi connectivity index (χ4n) is 1.92. The first-order valence-electron chi connectivity index (χ1n) is 9.13. The molecule has 0 amide bonds. The second-order valence-corrected chi connectivity index (χ2v) is 6.44. The Kier molecular flexibility index (Phi) is 12.0. The van der Waals surface area contributed by atoms with Crippen molar-refractivity contribution < 1.29 is 0 Å². The zero-order valence-electron chi connectivity index (χ0n) is 16.7. The van der Waals surface area contributed by atoms with Gasteiger partial charge < -0.3 is 0 Å². The van der Waals surface area contributed by atoms with Crippen LogP contribution in [0, 0.1) is 0 Å². The highest BCUT2D eigenvalue weighted by Gasteiger charge is 1.88. The van der Waals surface area contributed by atoms with E-state index in [1.54, 1.807) is 11.3 Å². The SMILES string of the molecule is C/C=C\C.C/C=C\C.c1ccc2ncccc2c1.c1ccc2sccc2c1. The third kappa shape index (κ3) is 8.98. The molecule has 27 heavy (non-hydrogen) atoms. The lowest BCUT2D eigenvalue weighted by atomic mass is 10.2. The number of hydrogen-bond acceptors (Lipinski definition) is 2. The highest BCUT2D eigenvalue weighted by atomic mass is 32.1. The van der Waals surface area contributed by atoms with Crippen molar-refractivity contribution in [1.29, 1.82) is 0 Å². The molecule has 0 aliphatic heterocycles. The maximum atomic E-state index is 4.18. The van der Waals surface area contributed by atoms with Gasteiger partial charge in [-0.25, -0.2) is 0 Å². The van der Waals surface area contributed by atoms with E-state index in [4.69, 9.17) is 0 Å². The Morgan fingerprint density at radius 2 is 1.19 bits per heavy atom. The number of benzene rings is 2. The summed E-state index contributed by atoms with van der Waals surface area (Å²) in [7, 11) is 0. The van der Waals surface area contributed by atoms with Gasteiger partial charge in [0.25, 0.3) is 0 Å². The molecular weight excluding hydrogens is 346 g/mol. The zero-order chi connectivity index (χ0) is 19.7. The average molecular weight is 376 g/mol. The fraction of sp³-hybridized carbons (Fsp3) is 0.160. The smallest absolute Gasteiger partial charge is 0.0701 e. The first-order chi connectivity index (χ1) is 13.3. The summed E-state index contributed by atoms with van der Waals surface area (Å²) < 4.78 is 1.37. The summed E-state index contributed by atoms with van der Waals surface area (Å²) in [4.78, 5) is 4.18. The second kappa shape index (κ2) is 14.5. The van der Waals surface area contributed by atoms with Crippen LogP contribution in [0.2, 0.25) is 0 Å². The van der Waals surface area contributed by atoms with Crippen LogP contribution in [0.5, 0.6) is 0 Å². The van der Waals surface area contributed by atoms with E-state index in [9.17, 15) is 0 Å². The van der Waals surface area contributed by atoms with Gasteiger partial charge in [-0.05, 0) is 62.7 Å². The molecule has 0 aliphatic rings. The topological polar surface area (TPSA) is 12.9 Å². The molecule has 0 unspecified atom stereocenters. The van der Waals surface area contributed by atoms with Gasteiger partial charge >= 0.3 is 0 Å². The molecule has 4 aromatic rings. The second-order valence-electron chi connectivity index (χ2n) is 5.49. The highest BCUT2D eigenvalue weighted by Crippen LogP contribution is 2.18. The molecule has 0 spiro atoms. The predicted octanol–water partition coefficient (Wildman–Crippen LogP) is 8.30. The van der Waals surface area contributed by atoms with E-state index >= 15 is 0 Å². The third-order valence-electron chi connectivity index (χ3n) is 3.54. The van der Waals surface area contributed by atoms with Crippen molar-refractivity contribution in [2.75, 3.05) is 0 Å². The average Bonchev–Trinajstić information content (AvgIpc) is 3.23. The Hall–Kier alpha value is -2.71. The minimum Gasteiger partial charge on any atom is -0.256 e. The van der Waals surface area contributed by atoms with E-state index < -0.39 is 0 Å². The molecular formula is C25H29NS. The van der Waals surface area contributed by atoms with Crippen LogP contribution in [-0.4, -0.2) is 4.98 Å². The molecule has 1 nitrogen and oxygen atoms in total. The molecule has 2 aromatic carbocycles. The number of nitrogens with zero attached hydrogens (tertiary/aromatic N) is 1. The van der Waals surface area contributed by atoms with E-state index in [-0.39, 0.29) is 0 Å². The van der Waals surface area contributed by atoms with E-state index in [1.165, 1.54) is 15.5 Å². The summed E-state index contributed by atoms with van der Waals surface area (Å²) in [5, 5.41) is 4.66. The lowest BCUT2D eigenvalue weighted by molar-refractivity contribution is 1.41. The van der Waals surface area contributed by atoms with Gasteiger partial charge in [0.05, 0.1) is 5.52 Å². The zero-order valence-corrected chi connectivity index (χ0v) is 17.5. The molecule has 2 aromatic heterocycles. The van der Waals surface area contributed by atoms with Crippen LogP contribution in [0.15, 0.2) is 103 Å². The van der Waals surface area contributed by atoms with Gasteiger partial charge in [0.1, 0.15) is 0 Å². The van der Waals surface area contributed by atoms with Crippen molar-refractivity contribution in [2.24, 2.45) is 0 Å². The van der Waals surface area contributed by atoms with Crippen molar-refractivity contribution in [3.05, 3.63) is 103 Å². The number of fused-ring (bicyclic) bond motifs is 2. The van der Waals surface area contributed by atoms with Gasteiger partial charge in [0.15, 0.2) is 0 Å². The largest absolute Gasteiger partial charge is 0.256 e. The molecule has 0 N–H and O–H groups in total. The Balaban J connectivity index is 0.000000198. The van der Waals surface area contributed by atoms with Crippen molar-refractivity contribution >= 4 is 32.3 Å². The maximum Gasteiger partial charge on any atom is 0.0701 e. The number of allylic oxidation sites excluding steroid dienone is 4. The van der Waals surface area contributed by atoms with Gasteiger partial charge in [-0.1, -0.05) is 66.8 Å². The summed E-state index contributed by atoms with van der Waals surface area (Å²) in [5.74, 6) is 0. The molecule has 140 valence electrons. The van der Waals surface area contributed by atoms with Crippen LogP contribution in [-0.2, 0) is 0 Å². The first kappa shape index (κ1) is 22.3. The summed E-state index contributed by atoms with van der Waals surface area (Å²) >= 11 is 1.79. The minimum absolute atomic E-state index is 1.06. The van der Waals surface area contributed by atoms with Gasteiger partial charge in [0, 0.05) is 16.3 Å². The maximum absolute atomic E-state index is 4.18. The summed E-state index contributed by atoms with van der Waals surface area (Å²) in [6, 6.07) is 22.6. The number of thiophene rings is 1. The number of hydrogen-bond donors (Lipinski definition) is 0. The molecule has 0 saturated heterocycles. The molecule has 0 bridgehead atoms. The lowest BCUT2D eigenvalue weighted by Crippen LogP contribution is -1.73. The molecule has 0 aliphatic carbocycles. The van der Waals surface area contributed by atoms with Crippen LogP contribution in [0.25, 0.3) is 21.0 Å². The molecule has 2 heterocycles. The van der Waals surface area contributed by atoms with Crippen molar-refractivity contribution in [3.63, 3.8) is 0 Å². The Labute approximate surface area is 167 Å². The first-order valence-corrected chi connectivity index (χ1v) is 10.0. The summed E-state index contributed by atoms with van der Waals surface area (Å²) in [6.07, 6.45) is 9.81. The van der Waals surface area contributed by atoms with Gasteiger partial charge in [-0.3, -0.25) is 4.98 Å². The molecule has 0 saturated carbocycles. The summed E-state index contributed by atoms with van der Waals surface area (Å²) in [5.41, 5.74) is 1.06. The quantitative estimate of drug-likeness (QED) is 0.282. The third-order valence-corrected chi connectivity index (χ3v) is 4.44. The number of aromatic nitrogens is 1. The van der Waals surface area contributed by atoms with E-state index in [0.29, 0.717) is 0 Å².